The number of aromatic nitrogens is 2. The van der Waals surface area contributed by atoms with Gasteiger partial charge in [0.15, 0.2) is 5.82 Å². The number of ether oxygens (including phenoxy) is 2. The van der Waals surface area contributed by atoms with E-state index in [1.807, 2.05) is 0 Å². The van der Waals surface area contributed by atoms with Gasteiger partial charge in [-0.2, -0.15) is 4.98 Å². The summed E-state index contributed by atoms with van der Waals surface area (Å²) in [5.41, 5.74) is 0.956. The monoisotopic (exact) mass is 277 g/mol. The van der Waals surface area contributed by atoms with Crippen LogP contribution >= 0.6 is 0 Å². The molecule has 0 aliphatic rings. The second-order valence-corrected chi connectivity index (χ2v) is 4.12. The summed E-state index contributed by atoms with van der Waals surface area (Å²) in [5.74, 6) is 1.38. The van der Waals surface area contributed by atoms with E-state index in [1.165, 1.54) is 12.1 Å². The van der Waals surface area contributed by atoms with E-state index < -0.39 is 0 Å². The lowest BCUT2D eigenvalue weighted by Gasteiger charge is -2.09. The van der Waals surface area contributed by atoms with Crippen LogP contribution in [0.1, 0.15) is 11.4 Å². The Morgan fingerprint density at radius 1 is 1.15 bits per heavy atom. The predicted molar refractivity (Wildman–Crippen MR) is 73.0 cm³/mol. The van der Waals surface area contributed by atoms with Gasteiger partial charge in [-0.15, -0.1) is 0 Å². The SMILES string of the molecule is COCc1nc(NCc2ccc(F)cc2)cc(OC)n1. The molecule has 1 aromatic heterocycles. The van der Waals surface area contributed by atoms with Gasteiger partial charge in [0.2, 0.25) is 5.88 Å². The molecule has 5 nitrogen and oxygen atoms in total. The topological polar surface area (TPSA) is 56.3 Å². The molecule has 106 valence electrons. The Labute approximate surface area is 116 Å². The number of hydrogen-bond acceptors (Lipinski definition) is 5. The van der Waals surface area contributed by atoms with Crippen LogP contribution in [0.25, 0.3) is 0 Å². The smallest absolute Gasteiger partial charge is 0.218 e. The zero-order valence-corrected chi connectivity index (χ0v) is 11.4. The Balaban J connectivity index is 2.07. The van der Waals surface area contributed by atoms with Crippen molar-refractivity contribution in [1.29, 1.82) is 0 Å². The fourth-order valence-corrected chi connectivity index (χ4v) is 1.66. The molecule has 1 heterocycles. The Morgan fingerprint density at radius 3 is 2.55 bits per heavy atom. The predicted octanol–water partition coefficient (Wildman–Crippen LogP) is 2.38. The number of hydrogen-bond donors (Lipinski definition) is 1. The van der Waals surface area contributed by atoms with Gasteiger partial charge in [-0.05, 0) is 17.7 Å². The third-order valence-corrected chi connectivity index (χ3v) is 2.62. The highest BCUT2D eigenvalue weighted by atomic mass is 19.1. The second-order valence-electron chi connectivity index (χ2n) is 4.12. The van der Waals surface area contributed by atoms with E-state index in [0.29, 0.717) is 30.7 Å². The summed E-state index contributed by atoms with van der Waals surface area (Å²) in [6.07, 6.45) is 0. The Morgan fingerprint density at radius 2 is 1.90 bits per heavy atom. The van der Waals surface area contributed by atoms with Crippen molar-refractivity contribution >= 4 is 5.82 Å². The Kier molecular flexibility index (Phi) is 4.84. The first kappa shape index (κ1) is 14.2. The number of benzene rings is 1. The van der Waals surface area contributed by atoms with Crippen LogP contribution in [0.2, 0.25) is 0 Å². The molecule has 0 saturated carbocycles. The molecular weight excluding hydrogens is 261 g/mol. The van der Waals surface area contributed by atoms with Crippen LogP contribution in [0.15, 0.2) is 30.3 Å². The molecule has 1 aromatic carbocycles. The van der Waals surface area contributed by atoms with Gasteiger partial charge in [-0.1, -0.05) is 12.1 Å². The van der Waals surface area contributed by atoms with Crippen molar-refractivity contribution in [3.05, 3.63) is 47.5 Å². The maximum absolute atomic E-state index is 12.8. The van der Waals surface area contributed by atoms with Gasteiger partial charge < -0.3 is 14.8 Å². The van der Waals surface area contributed by atoms with Crippen LogP contribution in [0.5, 0.6) is 5.88 Å². The summed E-state index contributed by atoms with van der Waals surface area (Å²) in [6, 6.07) is 7.98. The first-order valence-electron chi connectivity index (χ1n) is 6.10. The molecule has 0 unspecified atom stereocenters. The first-order valence-corrected chi connectivity index (χ1v) is 6.10. The number of methoxy groups -OCH3 is 2. The minimum Gasteiger partial charge on any atom is -0.481 e. The Bertz CT molecular complexity index is 561. The molecule has 2 rings (SSSR count). The van der Waals surface area contributed by atoms with Gasteiger partial charge in [0.25, 0.3) is 0 Å². The molecule has 2 aromatic rings. The standard InChI is InChI=1S/C14H16FN3O2/c1-19-9-13-17-12(7-14(18-13)20-2)16-8-10-3-5-11(15)6-4-10/h3-7H,8-9H2,1-2H3,(H,16,17,18). The largest absolute Gasteiger partial charge is 0.481 e. The molecule has 0 amide bonds. The molecule has 0 spiro atoms. The van der Waals surface area contributed by atoms with Gasteiger partial charge in [0.1, 0.15) is 18.2 Å². The van der Waals surface area contributed by atoms with Gasteiger partial charge in [-0.25, -0.2) is 9.37 Å². The van der Waals surface area contributed by atoms with Gasteiger partial charge in [0.05, 0.1) is 7.11 Å². The van der Waals surface area contributed by atoms with Crippen LogP contribution in [0.4, 0.5) is 10.2 Å². The third kappa shape index (κ3) is 3.89. The molecule has 20 heavy (non-hydrogen) atoms. The highest BCUT2D eigenvalue weighted by molar-refractivity contribution is 5.39. The van der Waals surface area contributed by atoms with E-state index in [4.69, 9.17) is 9.47 Å². The molecular formula is C14H16FN3O2. The van der Waals surface area contributed by atoms with Crippen molar-refractivity contribution in [3.8, 4) is 5.88 Å². The molecule has 0 aliphatic carbocycles. The van der Waals surface area contributed by atoms with Crippen molar-refractivity contribution in [2.45, 2.75) is 13.2 Å². The van der Waals surface area contributed by atoms with Crippen molar-refractivity contribution in [1.82, 2.24) is 9.97 Å². The number of nitrogens with zero attached hydrogens (tertiary/aromatic N) is 2. The minimum absolute atomic E-state index is 0.250. The number of rotatable bonds is 6. The van der Waals surface area contributed by atoms with E-state index in [-0.39, 0.29) is 5.82 Å². The highest BCUT2D eigenvalue weighted by Gasteiger charge is 2.05. The number of anilines is 1. The van der Waals surface area contributed by atoms with Crippen LogP contribution in [-0.4, -0.2) is 24.2 Å². The lowest BCUT2D eigenvalue weighted by Crippen LogP contribution is -2.06. The van der Waals surface area contributed by atoms with E-state index in [9.17, 15) is 4.39 Å². The fraction of sp³-hybridized carbons (Fsp3) is 0.286. The summed E-state index contributed by atoms with van der Waals surface area (Å²) in [4.78, 5) is 8.46. The van der Waals surface area contributed by atoms with Crippen molar-refractivity contribution < 1.29 is 13.9 Å². The van der Waals surface area contributed by atoms with E-state index in [0.717, 1.165) is 5.56 Å². The normalized spacial score (nSPS) is 10.3. The second kappa shape index (κ2) is 6.81. The molecule has 0 aliphatic heterocycles. The maximum Gasteiger partial charge on any atom is 0.218 e. The first-order chi connectivity index (χ1) is 9.71. The van der Waals surface area contributed by atoms with Crippen LogP contribution < -0.4 is 10.1 Å². The molecule has 0 radical (unpaired) electrons. The average Bonchev–Trinajstić information content (AvgIpc) is 2.47. The maximum atomic E-state index is 12.8. The van der Waals surface area contributed by atoms with Crippen molar-refractivity contribution in [2.75, 3.05) is 19.5 Å². The molecule has 1 N–H and O–H groups in total. The average molecular weight is 277 g/mol. The quantitative estimate of drug-likeness (QED) is 0.878. The minimum atomic E-state index is -0.250. The summed E-state index contributed by atoms with van der Waals surface area (Å²) >= 11 is 0. The molecule has 0 bridgehead atoms. The molecule has 0 saturated heterocycles. The lowest BCUT2D eigenvalue weighted by atomic mass is 10.2. The Hall–Kier alpha value is -2.21. The zero-order chi connectivity index (χ0) is 14.4. The van der Waals surface area contributed by atoms with E-state index in [2.05, 4.69) is 15.3 Å². The van der Waals surface area contributed by atoms with Crippen molar-refractivity contribution in [2.24, 2.45) is 0 Å². The van der Waals surface area contributed by atoms with Gasteiger partial charge in [0, 0.05) is 19.7 Å². The molecule has 0 fully saturated rings. The fourth-order valence-electron chi connectivity index (χ4n) is 1.66. The lowest BCUT2D eigenvalue weighted by molar-refractivity contribution is 0.177. The number of nitrogens with one attached hydrogen (secondary N) is 1. The third-order valence-electron chi connectivity index (χ3n) is 2.62. The summed E-state index contributed by atoms with van der Waals surface area (Å²) < 4.78 is 22.9. The van der Waals surface area contributed by atoms with Crippen LogP contribution in [0.3, 0.4) is 0 Å². The van der Waals surface area contributed by atoms with Crippen LogP contribution in [0, 0.1) is 5.82 Å². The van der Waals surface area contributed by atoms with Crippen LogP contribution in [-0.2, 0) is 17.9 Å². The van der Waals surface area contributed by atoms with E-state index >= 15 is 0 Å². The van der Waals surface area contributed by atoms with Gasteiger partial charge in [-0.3, -0.25) is 0 Å². The number of halogens is 1. The summed E-state index contributed by atoms with van der Waals surface area (Å²) in [6.45, 7) is 0.843. The summed E-state index contributed by atoms with van der Waals surface area (Å²) in [5, 5.41) is 3.14. The molecule has 6 heteroatoms. The van der Waals surface area contributed by atoms with Gasteiger partial charge >= 0.3 is 0 Å². The van der Waals surface area contributed by atoms with Crippen molar-refractivity contribution in [3.63, 3.8) is 0 Å². The highest BCUT2D eigenvalue weighted by Crippen LogP contribution is 2.14. The summed E-state index contributed by atoms with van der Waals surface area (Å²) in [7, 11) is 3.12. The van der Waals surface area contributed by atoms with E-state index in [1.54, 1.807) is 32.4 Å². The zero-order valence-electron chi connectivity index (χ0n) is 11.4. The molecule has 0 atom stereocenters.